The summed E-state index contributed by atoms with van der Waals surface area (Å²) in [5.41, 5.74) is 1.50. The molecule has 1 saturated heterocycles. The number of esters is 1. The van der Waals surface area contributed by atoms with Crippen molar-refractivity contribution in [3.63, 3.8) is 0 Å². The second-order valence-corrected chi connectivity index (χ2v) is 8.69. The van der Waals surface area contributed by atoms with Crippen LogP contribution >= 0.6 is 0 Å². The summed E-state index contributed by atoms with van der Waals surface area (Å²) in [5.74, 6) is 0.526. The zero-order valence-corrected chi connectivity index (χ0v) is 16.6. The van der Waals surface area contributed by atoms with Crippen LogP contribution in [0.5, 0.6) is 0 Å². The number of rotatable bonds is 8. The van der Waals surface area contributed by atoms with Gasteiger partial charge in [-0.05, 0) is 37.3 Å². The number of unbranched alkanes of at least 4 members (excludes halogenated alkanes) is 1. The number of fused-ring (bicyclic) bond motifs is 3. The summed E-state index contributed by atoms with van der Waals surface area (Å²) in [6.45, 7) is 8.87. The Morgan fingerprint density at radius 1 is 1.46 bits per heavy atom. The molecule has 142 valence electrons. The first kappa shape index (κ1) is 19.5. The number of hydrogen-bond acceptors (Lipinski definition) is 4. The number of carbonyl (C=O) groups excluding carboxylic acids is 1. The predicted molar refractivity (Wildman–Crippen MR) is 105 cm³/mol. The van der Waals surface area contributed by atoms with Crippen molar-refractivity contribution in [3.8, 4) is 0 Å². The van der Waals surface area contributed by atoms with E-state index >= 15 is 0 Å². The van der Waals surface area contributed by atoms with Crippen LogP contribution in [0.4, 0.5) is 0 Å². The summed E-state index contributed by atoms with van der Waals surface area (Å²) >= 11 is -1.07. The molecule has 0 radical (unpaired) electrons. The monoisotopic (exact) mass is 375 g/mol. The number of carbonyl (C=O) groups is 1. The lowest BCUT2D eigenvalue weighted by Gasteiger charge is -2.33. The van der Waals surface area contributed by atoms with Gasteiger partial charge in [0.05, 0.1) is 12.6 Å². The van der Waals surface area contributed by atoms with Crippen molar-refractivity contribution >= 4 is 17.3 Å². The smallest absolute Gasteiger partial charge is 0.318 e. The van der Waals surface area contributed by atoms with Gasteiger partial charge in [-0.3, -0.25) is 4.79 Å². The maximum absolute atomic E-state index is 13.3. The molecule has 1 unspecified atom stereocenters. The molecule has 0 N–H and O–H groups in total. The minimum atomic E-state index is -1.07. The van der Waals surface area contributed by atoms with Gasteiger partial charge < -0.3 is 9.29 Å². The molecule has 2 aliphatic rings. The molecule has 1 fully saturated rings. The fourth-order valence-corrected chi connectivity index (χ4v) is 6.34. The lowest BCUT2D eigenvalue weighted by Crippen LogP contribution is -2.50. The number of allylic oxidation sites excluding steroid dienone is 1. The van der Waals surface area contributed by atoms with E-state index in [4.69, 9.17) is 4.74 Å². The van der Waals surface area contributed by atoms with Gasteiger partial charge in [0.15, 0.2) is 0 Å². The largest absolute Gasteiger partial charge is 0.598 e. The maximum Gasteiger partial charge on any atom is 0.318 e. The minimum Gasteiger partial charge on any atom is -0.598 e. The second kappa shape index (κ2) is 8.15. The van der Waals surface area contributed by atoms with Crippen molar-refractivity contribution in [2.45, 2.75) is 51.0 Å². The van der Waals surface area contributed by atoms with Gasteiger partial charge in [-0.25, -0.2) is 0 Å². The van der Waals surface area contributed by atoms with Crippen molar-refractivity contribution in [2.75, 3.05) is 18.9 Å². The van der Waals surface area contributed by atoms with Crippen LogP contribution in [0.2, 0.25) is 0 Å². The molecule has 1 aliphatic heterocycles. The highest BCUT2D eigenvalue weighted by atomic mass is 32.2. The quantitative estimate of drug-likeness (QED) is 0.397. The van der Waals surface area contributed by atoms with Gasteiger partial charge in [0, 0.05) is 23.8 Å². The lowest BCUT2D eigenvalue weighted by atomic mass is 9.70. The molecular weight excluding hydrogens is 346 g/mol. The third-order valence-corrected chi connectivity index (χ3v) is 7.36. The van der Waals surface area contributed by atoms with Gasteiger partial charge >= 0.3 is 5.97 Å². The fraction of sp³-hybridized carbons (Fsp3) is 0.571. The van der Waals surface area contributed by atoms with Crippen molar-refractivity contribution in [3.05, 3.63) is 48.0 Å². The van der Waals surface area contributed by atoms with Gasteiger partial charge in [0.2, 0.25) is 0 Å². The molecule has 0 saturated carbocycles. The highest BCUT2D eigenvalue weighted by Gasteiger charge is 2.66. The molecule has 26 heavy (non-hydrogen) atoms. The van der Waals surface area contributed by atoms with Crippen LogP contribution < -0.4 is 0 Å². The normalized spacial score (nSPS) is 28.4. The Balaban J connectivity index is 2.06. The zero-order chi connectivity index (χ0) is 18.7. The highest BCUT2D eigenvalue weighted by molar-refractivity contribution is 7.89. The van der Waals surface area contributed by atoms with Gasteiger partial charge in [-0.15, -0.1) is 10.9 Å². The van der Waals surface area contributed by atoms with Crippen LogP contribution in [-0.4, -0.2) is 39.8 Å². The summed E-state index contributed by atoms with van der Waals surface area (Å²) in [7, 11) is 0. The first-order chi connectivity index (χ1) is 12.6. The topological polar surface area (TPSA) is 52.6 Å². The molecule has 1 aliphatic carbocycles. The van der Waals surface area contributed by atoms with Gasteiger partial charge in [-0.1, -0.05) is 43.7 Å². The molecule has 0 spiro atoms. The fourth-order valence-electron chi connectivity index (χ4n) is 4.69. The molecule has 0 aromatic heterocycles. The van der Waals surface area contributed by atoms with Crippen molar-refractivity contribution < 1.29 is 14.1 Å². The van der Waals surface area contributed by atoms with Crippen molar-refractivity contribution in [1.82, 2.24) is 4.31 Å². The van der Waals surface area contributed by atoms with Crippen LogP contribution in [0.1, 0.15) is 44.2 Å². The standard InChI is InChI=1S/C21H29NO3S/c1-4-7-13-26(24)22-15-17(10-5-2)21(20(23)25-6-3)18-12-9-8-11-16(18)14-19(21)22/h5,8-9,11-12,17,19H,2,4,6-7,10,13-15H2,1,3H3/t17-,19+,21+,26?/m1/s1. The van der Waals surface area contributed by atoms with E-state index in [0.717, 1.165) is 24.8 Å². The third-order valence-electron chi connectivity index (χ3n) is 5.79. The van der Waals surface area contributed by atoms with E-state index in [1.807, 2.05) is 25.1 Å². The Morgan fingerprint density at radius 3 is 2.92 bits per heavy atom. The summed E-state index contributed by atoms with van der Waals surface area (Å²) in [5, 5.41) is 0. The number of nitrogens with zero attached hydrogens (tertiary/aromatic N) is 1. The summed E-state index contributed by atoms with van der Waals surface area (Å²) < 4.78 is 20.7. The summed E-state index contributed by atoms with van der Waals surface area (Å²) in [4.78, 5) is 13.3. The Kier molecular flexibility index (Phi) is 6.10. The van der Waals surface area contributed by atoms with Gasteiger partial charge in [0.1, 0.15) is 11.2 Å². The zero-order valence-electron chi connectivity index (χ0n) is 15.8. The van der Waals surface area contributed by atoms with E-state index in [-0.39, 0.29) is 17.9 Å². The van der Waals surface area contributed by atoms with Crippen LogP contribution in [0.15, 0.2) is 36.9 Å². The van der Waals surface area contributed by atoms with E-state index < -0.39 is 16.8 Å². The molecule has 1 heterocycles. The van der Waals surface area contributed by atoms with Crippen LogP contribution in [-0.2, 0) is 32.7 Å². The van der Waals surface area contributed by atoms with E-state index in [1.54, 1.807) is 0 Å². The third kappa shape index (κ3) is 3.00. The number of hydrogen-bond donors (Lipinski definition) is 0. The first-order valence-electron chi connectivity index (χ1n) is 9.62. The Morgan fingerprint density at radius 2 is 2.23 bits per heavy atom. The van der Waals surface area contributed by atoms with Crippen LogP contribution in [0, 0.1) is 5.92 Å². The molecular formula is C21H29NO3S. The SMILES string of the molecule is C=CC[C@@H]1CN([S+]([O-])CCCC)[C@H]2Cc3ccccc3[C@@]12C(=O)OCC. The lowest BCUT2D eigenvalue weighted by molar-refractivity contribution is -0.152. The molecule has 3 rings (SSSR count). The minimum absolute atomic E-state index is 0.0401. The summed E-state index contributed by atoms with van der Waals surface area (Å²) in [6, 6.07) is 8.05. The average molecular weight is 376 g/mol. The molecule has 4 atom stereocenters. The maximum atomic E-state index is 13.3. The Labute approximate surface area is 159 Å². The average Bonchev–Trinajstić information content (AvgIpc) is 3.14. The molecule has 0 amide bonds. The first-order valence-corrected chi connectivity index (χ1v) is 10.9. The van der Waals surface area contributed by atoms with Gasteiger partial charge in [0.25, 0.3) is 0 Å². The van der Waals surface area contributed by atoms with E-state index in [9.17, 15) is 9.35 Å². The molecule has 1 aromatic rings. The Bertz CT molecular complexity index is 664. The predicted octanol–water partition coefficient (Wildman–Crippen LogP) is 3.38. The summed E-state index contributed by atoms with van der Waals surface area (Å²) in [6.07, 6.45) is 5.29. The molecule has 1 aromatic carbocycles. The molecule has 4 nitrogen and oxygen atoms in total. The molecule has 0 bridgehead atoms. The van der Waals surface area contributed by atoms with E-state index in [2.05, 4.69) is 29.9 Å². The number of benzene rings is 1. The van der Waals surface area contributed by atoms with Crippen LogP contribution in [0.3, 0.4) is 0 Å². The van der Waals surface area contributed by atoms with Crippen molar-refractivity contribution in [2.24, 2.45) is 5.92 Å². The second-order valence-electron chi connectivity index (χ2n) is 7.17. The van der Waals surface area contributed by atoms with Gasteiger partial charge in [-0.2, -0.15) is 0 Å². The van der Waals surface area contributed by atoms with E-state index in [1.165, 1.54) is 5.56 Å². The van der Waals surface area contributed by atoms with E-state index in [0.29, 0.717) is 25.3 Å². The number of ether oxygens (including phenoxy) is 1. The highest BCUT2D eigenvalue weighted by Crippen LogP contribution is 2.54. The van der Waals surface area contributed by atoms with Crippen LogP contribution in [0.25, 0.3) is 0 Å². The Hall–Kier alpha value is -1.30. The molecule has 5 heteroatoms. The van der Waals surface area contributed by atoms with Crippen molar-refractivity contribution in [1.29, 1.82) is 0 Å².